The van der Waals surface area contributed by atoms with Crippen molar-refractivity contribution in [1.29, 1.82) is 0 Å². The maximum atomic E-state index is 4.25. The topological polar surface area (TPSA) is 12.9 Å². The van der Waals surface area contributed by atoms with Gasteiger partial charge in [-0.15, -0.1) is 0 Å². The molecule has 1 nitrogen and oxygen atoms in total. The minimum absolute atomic E-state index is 0.593. The van der Waals surface area contributed by atoms with Gasteiger partial charge in [0.15, 0.2) is 0 Å². The smallest absolute Gasteiger partial charge is 0.0273 e. The Kier molecular flexibility index (Phi) is 7.16. The second-order valence-electron chi connectivity index (χ2n) is 12.4. The number of nitrogens with zero attached hydrogens (tertiary/aromatic N) is 1. The third-order valence-corrected chi connectivity index (χ3v) is 9.84. The predicted molar refractivity (Wildman–Crippen MR) is 186 cm³/mol. The van der Waals surface area contributed by atoms with Gasteiger partial charge in [0.2, 0.25) is 0 Å². The molecule has 8 rings (SSSR count). The first kappa shape index (κ1) is 26.8. The summed E-state index contributed by atoms with van der Waals surface area (Å²) in [4.78, 5) is 4.25. The molecule has 1 atom stereocenters. The summed E-state index contributed by atoms with van der Waals surface area (Å²) in [6.07, 6.45) is 25.8. The van der Waals surface area contributed by atoms with E-state index in [1.54, 1.807) is 11.1 Å². The zero-order valence-corrected chi connectivity index (χ0v) is 25.2. The lowest BCUT2D eigenvalue weighted by molar-refractivity contribution is 0.510. The number of hydrogen-bond donors (Lipinski definition) is 0. The number of rotatable bonds is 5. The second-order valence-corrected chi connectivity index (χ2v) is 12.4. The fourth-order valence-corrected chi connectivity index (χ4v) is 7.73. The molecule has 0 radical (unpaired) electrons. The SMILES string of the molecule is C1=CCCC(C2CCc3c(c(-c4cccc(C5=CCCC=C5)c4)c4ccccc4c3-c3cccc(-c4ccncc4)c3)C2)=C1. The summed E-state index contributed by atoms with van der Waals surface area (Å²) in [5.74, 6) is 0.593. The highest BCUT2D eigenvalue weighted by molar-refractivity contribution is 6.08. The summed E-state index contributed by atoms with van der Waals surface area (Å²) in [5.41, 5.74) is 15.3. The van der Waals surface area contributed by atoms with E-state index in [1.807, 2.05) is 12.4 Å². The molecular weight excluding hydrogens is 530 g/mol. The molecule has 3 aliphatic rings. The Bertz CT molecular complexity index is 1990. The van der Waals surface area contributed by atoms with Gasteiger partial charge in [-0.2, -0.15) is 0 Å². The van der Waals surface area contributed by atoms with Gasteiger partial charge in [0, 0.05) is 12.4 Å². The Hall–Kier alpha value is -4.75. The molecule has 0 saturated heterocycles. The van der Waals surface area contributed by atoms with Gasteiger partial charge in [0.1, 0.15) is 0 Å². The van der Waals surface area contributed by atoms with Crippen LogP contribution in [0.25, 0.3) is 49.7 Å². The molecule has 214 valence electrons. The van der Waals surface area contributed by atoms with Crippen molar-refractivity contribution < 1.29 is 0 Å². The number of benzene rings is 4. The van der Waals surface area contributed by atoms with Crippen LogP contribution in [-0.2, 0) is 12.8 Å². The van der Waals surface area contributed by atoms with Gasteiger partial charge in [0.25, 0.3) is 0 Å². The lowest BCUT2D eigenvalue weighted by Crippen LogP contribution is -2.19. The Balaban J connectivity index is 1.36. The maximum Gasteiger partial charge on any atom is 0.0273 e. The summed E-state index contributed by atoms with van der Waals surface area (Å²) in [5, 5.41) is 2.72. The van der Waals surface area contributed by atoms with Crippen LogP contribution in [0.15, 0.2) is 139 Å². The van der Waals surface area contributed by atoms with E-state index >= 15 is 0 Å². The Morgan fingerprint density at radius 2 is 1.32 bits per heavy atom. The van der Waals surface area contributed by atoms with E-state index in [1.165, 1.54) is 73.7 Å². The zero-order chi connectivity index (χ0) is 29.3. The molecule has 44 heavy (non-hydrogen) atoms. The highest BCUT2D eigenvalue weighted by atomic mass is 14.6. The average Bonchev–Trinajstić information content (AvgIpc) is 3.11. The van der Waals surface area contributed by atoms with Crippen LogP contribution in [0, 0.1) is 5.92 Å². The molecule has 0 aliphatic heterocycles. The number of pyridine rings is 1. The normalized spacial score (nSPS) is 17.7. The van der Waals surface area contributed by atoms with Crippen molar-refractivity contribution in [2.24, 2.45) is 5.92 Å². The molecule has 1 unspecified atom stereocenters. The minimum atomic E-state index is 0.593. The van der Waals surface area contributed by atoms with Crippen LogP contribution in [0.2, 0.25) is 0 Å². The summed E-state index contributed by atoms with van der Waals surface area (Å²) < 4.78 is 0. The minimum Gasteiger partial charge on any atom is -0.265 e. The summed E-state index contributed by atoms with van der Waals surface area (Å²) >= 11 is 0. The van der Waals surface area contributed by atoms with E-state index in [2.05, 4.69) is 126 Å². The van der Waals surface area contributed by atoms with Crippen molar-refractivity contribution >= 4 is 16.3 Å². The van der Waals surface area contributed by atoms with Crippen LogP contribution in [-0.4, -0.2) is 4.98 Å². The molecule has 5 aromatic rings. The molecule has 4 aromatic carbocycles. The van der Waals surface area contributed by atoms with Gasteiger partial charge in [0.05, 0.1) is 0 Å². The van der Waals surface area contributed by atoms with Crippen molar-refractivity contribution in [1.82, 2.24) is 4.98 Å². The maximum absolute atomic E-state index is 4.25. The summed E-state index contributed by atoms with van der Waals surface area (Å²) in [7, 11) is 0. The first-order valence-corrected chi connectivity index (χ1v) is 16.2. The fraction of sp³-hybridized carbons (Fsp3) is 0.186. The van der Waals surface area contributed by atoms with Crippen LogP contribution in [0.1, 0.15) is 48.8 Å². The van der Waals surface area contributed by atoms with Crippen LogP contribution in [0.5, 0.6) is 0 Å². The van der Waals surface area contributed by atoms with Crippen LogP contribution in [0.4, 0.5) is 0 Å². The molecule has 0 N–H and O–H groups in total. The number of allylic oxidation sites excluding steroid dienone is 8. The van der Waals surface area contributed by atoms with Crippen LogP contribution >= 0.6 is 0 Å². The van der Waals surface area contributed by atoms with Crippen molar-refractivity contribution in [2.45, 2.75) is 44.9 Å². The molecule has 1 heterocycles. The van der Waals surface area contributed by atoms with E-state index in [0.717, 1.165) is 32.1 Å². The van der Waals surface area contributed by atoms with Gasteiger partial charge in [-0.05, 0) is 142 Å². The Morgan fingerprint density at radius 3 is 2.05 bits per heavy atom. The fourth-order valence-electron chi connectivity index (χ4n) is 7.73. The van der Waals surface area contributed by atoms with Gasteiger partial charge < -0.3 is 0 Å². The monoisotopic (exact) mass is 567 g/mol. The molecule has 1 aromatic heterocycles. The number of aromatic nitrogens is 1. The molecule has 0 saturated carbocycles. The van der Waals surface area contributed by atoms with Crippen LogP contribution in [0.3, 0.4) is 0 Å². The van der Waals surface area contributed by atoms with Crippen LogP contribution < -0.4 is 0 Å². The van der Waals surface area contributed by atoms with E-state index in [0.29, 0.717) is 5.92 Å². The molecule has 3 aliphatic carbocycles. The van der Waals surface area contributed by atoms with Gasteiger partial charge >= 0.3 is 0 Å². The van der Waals surface area contributed by atoms with Gasteiger partial charge in [-0.25, -0.2) is 0 Å². The summed E-state index contributed by atoms with van der Waals surface area (Å²) in [6, 6.07) is 31.8. The summed E-state index contributed by atoms with van der Waals surface area (Å²) in [6.45, 7) is 0. The Morgan fingerprint density at radius 1 is 0.591 bits per heavy atom. The Labute approximate surface area is 261 Å². The van der Waals surface area contributed by atoms with Gasteiger partial charge in [-0.3, -0.25) is 4.98 Å². The second kappa shape index (κ2) is 11.7. The number of hydrogen-bond acceptors (Lipinski definition) is 1. The highest BCUT2D eigenvalue weighted by Gasteiger charge is 2.29. The standard InChI is InChI=1S/C43H37N/c1-3-11-30(12-4-1)33-15-9-18-37(27-33)43-39-20-8-7-19-38(39)42(36-17-10-16-34(28-36)32-23-25-44-26-24-32)40-22-21-35(29-41(40)43)31-13-5-2-6-14-31/h2-3,5,7-13,15-20,23-28,35H,1,4,6,14,21-22,29H2. The molecular formula is C43H37N. The van der Waals surface area contributed by atoms with E-state index in [9.17, 15) is 0 Å². The first-order valence-electron chi connectivity index (χ1n) is 16.2. The van der Waals surface area contributed by atoms with Crippen molar-refractivity contribution in [3.05, 3.63) is 156 Å². The van der Waals surface area contributed by atoms with Crippen molar-refractivity contribution in [3.8, 4) is 33.4 Å². The first-order chi connectivity index (χ1) is 21.8. The lowest BCUT2D eigenvalue weighted by Gasteiger charge is -2.32. The van der Waals surface area contributed by atoms with Crippen molar-refractivity contribution in [3.63, 3.8) is 0 Å². The third kappa shape index (κ3) is 4.97. The highest BCUT2D eigenvalue weighted by Crippen LogP contribution is 2.48. The van der Waals surface area contributed by atoms with E-state index < -0.39 is 0 Å². The molecule has 1 heteroatoms. The molecule has 0 amide bonds. The quantitative estimate of drug-likeness (QED) is 0.206. The third-order valence-electron chi connectivity index (χ3n) is 9.84. The molecule has 0 bridgehead atoms. The van der Waals surface area contributed by atoms with E-state index in [-0.39, 0.29) is 0 Å². The van der Waals surface area contributed by atoms with Gasteiger partial charge in [-0.1, -0.05) is 103 Å². The lowest BCUT2D eigenvalue weighted by atomic mass is 9.72. The zero-order valence-electron chi connectivity index (χ0n) is 25.2. The molecule has 0 spiro atoms. The largest absolute Gasteiger partial charge is 0.265 e. The number of fused-ring (bicyclic) bond motifs is 2. The average molecular weight is 568 g/mol. The molecule has 0 fully saturated rings. The van der Waals surface area contributed by atoms with Crippen molar-refractivity contribution in [2.75, 3.05) is 0 Å². The predicted octanol–water partition coefficient (Wildman–Crippen LogP) is 11.4. The van der Waals surface area contributed by atoms with E-state index in [4.69, 9.17) is 0 Å².